The van der Waals surface area contributed by atoms with E-state index in [0.717, 1.165) is 5.56 Å². The summed E-state index contributed by atoms with van der Waals surface area (Å²) in [5.74, 6) is 0.521. The van der Waals surface area contributed by atoms with Gasteiger partial charge in [0.2, 0.25) is 0 Å². The van der Waals surface area contributed by atoms with Crippen molar-refractivity contribution in [2.75, 3.05) is 18.9 Å². The molecule has 1 aromatic rings. The van der Waals surface area contributed by atoms with Crippen molar-refractivity contribution in [1.29, 1.82) is 0 Å². The highest BCUT2D eigenvalue weighted by Gasteiger charge is 2.28. The number of hydrogen-bond donors (Lipinski definition) is 1. The Labute approximate surface area is 129 Å². The van der Waals surface area contributed by atoms with Crippen molar-refractivity contribution in [2.45, 2.75) is 18.0 Å². The Kier molecular flexibility index (Phi) is 5.34. The maximum Gasteiger partial charge on any atom is 0.441 e. The Morgan fingerprint density at radius 1 is 1.35 bits per heavy atom. The van der Waals surface area contributed by atoms with Crippen LogP contribution in [0.25, 0.3) is 0 Å². The molecular weight excluding hydrogens is 334 g/mol. The van der Waals surface area contributed by atoms with Gasteiger partial charge in [-0.25, -0.2) is 0 Å². The number of hydrogen-bond acceptors (Lipinski definition) is 3. The van der Waals surface area contributed by atoms with Crippen molar-refractivity contribution < 1.29 is 17.9 Å². The van der Waals surface area contributed by atoms with Crippen LogP contribution < -0.4 is 10.1 Å². The number of ether oxygens (including phenoxy) is 1. The molecule has 1 heterocycles. The number of rotatable bonds is 4. The van der Waals surface area contributed by atoms with E-state index in [1.54, 1.807) is 12.1 Å². The van der Waals surface area contributed by atoms with Crippen LogP contribution in [0.3, 0.4) is 0 Å². The van der Waals surface area contributed by atoms with Gasteiger partial charge in [0.25, 0.3) is 0 Å². The predicted molar refractivity (Wildman–Crippen MR) is 75.8 cm³/mol. The molecule has 8 heteroatoms. The molecule has 0 spiro atoms. The maximum absolute atomic E-state index is 12.0. The molecule has 0 fully saturated rings. The van der Waals surface area contributed by atoms with E-state index in [1.165, 1.54) is 0 Å². The van der Waals surface area contributed by atoms with Gasteiger partial charge < -0.3 is 10.1 Å². The van der Waals surface area contributed by atoms with Gasteiger partial charge in [0.1, 0.15) is 5.75 Å². The second-order valence-electron chi connectivity index (χ2n) is 4.24. The molecule has 1 aliphatic heterocycles. The van der Waals surface area contributed by atoms with E-state index < -0.39 is 5.51 Å². The summed E-state index contributed by atoms with van der Waals surface area (Å²) in [5.41, 5.74) is -3.40. The fraction of sp³-hybridized carbons (Fsp3) is 0.500. The van der Waals surface area contributed by atoms with Crippen molar-refractivity contribution in [2.24, 2.45) is 0 Å². The van der Waals surface area contributed by atoms with Crippen molar-refractivity contribution in [3.63, 3.8) is 0 Å². The average molecular weight is 346 g/mol. The first-order valence-electron chi connectivity index (χ1n) is 5.92. The molecule has 0 amide bonds. The molecule has 0 bridgehead atoms. The first-order valence-corrected chi connectivity index (χ1v) is 7.67. The minimum atomic E-state index is -4.19. The molecule has 1 unspecified atom stereocenters. The third kappa shape index (κ3) is 4.35. The highest BCUT2D eigenvalue weighted by molar-refractivity contribution is 8.00. The van der Waals surface area contributed by atoms with Gasteiger partial charge in [-0.2, -0.15) is 13.2 Å². The normalized spacial score (nSPS) is 18.6. The average Bonchev–Trinajstić information content (AvgIpc) is 2.34. The molecule has 0 aliphatic carbocycles. The van der Waals surface area contributed by atoms with E-state index >= 15 is 0 Å². The zero-order valence-electron chi connectivity index (χ0n) is 10.3. The van der Waals surface area contributed by atoms with Crippen molar-refractivity contribution >= 4 is 35.0 Å². The Hall–Kier alpha value is -0.300. The van der Waals surface area contributed by atoms with Crippen LogP contribution in [-0.2, 0) is 0 Å². The van der Waals surface area contributed by atoms with Crippen LogP contribution in [0.2, 0.25) is 10.0 Å². The van der Waals surface area contributed by atoms with Crippen LogP contribution in [-0.4, -0.2) is 24.4 Å². The Morgan fingerprint density at radius 2 is 2.10 bits per heavy atom. The molecule has 20 heavy (non-hydrogen) atoms. The van der Waals surface area contributed by atoms with E-state index in [1.807, 2.05) is 0 Å². The van der Waals surface area contributed by atoms with Crippen molar-refractivity contribution in [1.82, 2.24) is 5.32 Å². The van der Waals surface area contributed by atoms with E-state index in [4.69, 9.17) is 27.9 Å². The summed E-state index contributed by atoms with van der Waals surface area (Å²) in [6.45, 7) is 0.719. The summed E-state index contributed by atoms with van der Waals surface area (Å²) in [5, 5.41) is 3.99. The van der Waals surface area contributed by atoms with Gasteiger partial charge in [-0.1, -0.05) is 23.2 Å². The van der Waals surface area contributed by atoms with E-state index in [-0.39, 0.29) is 30.1 Å². The molecule has 0 saturated carbocycles. The third-order valence-corrected chi connectivity index (χ3v) is 4.06. The van der Waals surface area contributed by atoms with Crippen LogP contribution in [0.15, 0.2) is 12.1 Å². The monoisotopic (exact) mass is 345 g/mol. The van der Waals surface area contributed by atoms with E-state index in [0.29, 0.717) is 28.8 Å². The molecule has 0 radical (unpaired) electrons. The fourth-order valence-electron chi connectivity index (χ4n) is 2.04. The van der Waals surface area contributed by atoms with Gasteiger partial charge in [0, 0.05) is 35.3 Å². The first kappa shape index (κ1) is 16.1. The quantitative estimate of drug-likeness (QED) is 0.802. The zero-order valence-corrected chi connectivity index (χ0v) is 12.6. The van der Waals surface area contributed by atoms with Gasteiger partial charge in [0.15, 0.2) is 0 Å². The third-order valence-electron chi connectivity index (χ3n) is 2.82. The number of halogens is 5. The second-order valence-corrected chi connectivity index (χ2v) is 6.25. The van der Waals surface area contributed by atoms with E-state index in [9.17, 15) is 13.2 Å². The summed E-state index contributed by atoms with van der Waals surface area (Å²) >= 11 is 12.0. The Balaban J connectivity index is 1.98. The Morgan fingerprint density at radius 3 is 2.80 bits per heavy atom. The van der Waals surface area contributed by atoms with Crippen molar-refractivity contribution in [3.05, 3.63) is 27.7 Å². The smallest absolute Gasteiger partial charge is 0.441 e. The SMILES string of the molecule is FC(F)(F)SCCNC1CCOc2c(Cl)cc(Cl)cc21. The first-order chi connectivity index (χ1) is 9.37. The summed E-state index contributed by atoms with van der Waals surface area (Å²) in [6, 6.07) is 3.23. The number of benzene rings is 1. The summed E-state index contributed by atoms with van der Waals surface area (Å²) in [6.07, 6.45) is 0.667. The summed E-state index contributed by atoms with van der Waals surface area (Å²) in [7, 11) is 0. The zero-order chi connectivity index (χ0) is 14.8. The van der Waals surface area contributed by atoms with Gasteiger partial charge in [-0.05, 0) is 23.9 Å². The molecule has 1 aliphatic rings. The van der Waals surface area contributed by atoms with E-state index in [2.05, 4.69) is 5.32 Å². The number of alkyl halides is 3. The predicted octanol–water partition coefficient (Wildman–Crippen LogP) is 4.66. The summed E-state index contributed by atoms with van der Waals surface area (Å²) in [4.78, 5) is 0. The van der Waals surface area contributed by atoms with Gasteiger partial charge in [0.05, 0.1) is 11.6 Å². The molecule has 0 saturated heterocycles. The minimum Gasteiger partial charge on any atom is -0.492 e. The topological polar surface area (TPSA) is 21.3 Å². The summed E-state index contributed by atoms with van der Waals surface area (Å²) < 4.78 is 41.6. The molecule has 0 aromatic heterocycles. The maximum atomic E-state index is 12.0. The largest absolute Gasteiger partial charge is 0.492 e. The Bertz CT molecular complexity index is 485. The molecule has 1 atom stereocenters. The van der Waals surface area contributed by atoms with Gasteiger partial charge in [-0.15, -0.1) is 0 Å². The molecule has 2 nitrogen and oxygen atoms in total. The lowest BCUT2D eigenvalue weighted by Gasteiger charge is -2.27. The fourth-order valence-corrected chi connectivity index (χ4v) is 3.05. The lowest BCUT2D eigenvalue weighted by molar-refractivity contribution is -0.0327. The molecule has 2 rings (SSSR count). The standard InChI is InChI=1S/C12H12Cl2F3NOS/c13-7-5-8-10(18-2-4-20-12(15,16)17)1-3-19-11(8)9(14)6-7/h5-6,10,18H,1-4H2. The van der Waals surface area contributed by atoms with Gasteiger partial charge in [-0.3, -0.25) is 0 Å². The van der Waals surface area contributed by atoms with Crippen LogP contribution in [0.5, 0.6) is 5.75 Å². The molecule has 1 aromatic carbocycles. The minimum absolute atomic E-state index is 0.0361. The van der Waals surface area contributed by atoms with Crippen LogP contribution in [0, 0.1) is 0 Å². The highest BCUT2D eigenvalue weighted by Crippen LogP contribution is 2.40. The second kappa shape index (κ2) is 6.64. The van der Waals surface area contributed by atoms with Gasteiger partial charge >= 0.3 is 5.51 Å². The number of nitrogens with one attached hydrogen (secondary N) is 1. The van der Waals surface area contributed by atoms with Crippen LogP contribution >= 0.6 is 35.0 Å². The number of fused-ring (bicyclic) bond motifs is 1. The lowest BCUT2D eigenvalue weighted by Crippen LogP contribution is -2.29. The highest BCUT2D eigenvalue weighted by atomic mass is 35.5. The van der Waals surface area contributed by atoms with Crippen LogP contribution in [0.4, 0.5) is 13.2 Å². The van der Waals surface area contributed by atoms with Crippen molar-refractivity contribution in [3.8, 4) is 5.75 Å². The lowest BCUT2D eigenvalue weighted by atomic mass is 10.0. The molecule has 1 N–H and O–H groups in total. The molecular formula is C12H12Cl2F3NOS. The molecule has 112 valence electrons. The number of thioether (sulfide) groups is 1. The van der Waals surface area contributed by atoms with Crippen LogP contribution in [0.1, 0.15) is 18.0 Å².